The third-order valence-electron chi connectivity index (χ3n) is 2.44. The van der Waals surface area contributed by atoms with E-state index in [-0.39, 0.29) is 22.3 Å². The molecule has 5 nitrogen and oxygen atoms in total. The lowest BCUT2D eigenvalue weighted by molar-refractivity contribution is 0.0695. The Bertz CT molecular complexity index is 627. The number of carboxylic acid groups (broad SMARTS) is 1. The standard InChI is InChI=1S/C12H10BrFN2O3/c1-6-4-7(19-16-6)5-15-9-3-2-8(12(17)18)10(13)11(9)14/h2-4,15H,5H2,1H3,(H,17,18). The van der Waals surface area contributed by atoms with Crippen LogP contribution in [0.1, 0.15) is 21.8 Å². The van der Waals surface area contributed by atoms with Crippen molar-refractivity contribution in [2.45, 2.75) is 13.5 Å². The topological polar surface area (TPSA) is 75.4 Å². The van der Waals surface area contributed by atoms with Crippen LogP contribution in [0.3, 0.4) is 0 Å². The van der Waals surface area contributed by atoms with Crippen LogP contribution in [0.2, 0.25) is 0 Å². The van der Waals surface area contributed by atoms with Gasteiger partial charge in [0.2, 0.25) is 0 Å². The monoisotopic (exact) mass is 328 g/mol. The van der Waals surface area contributed by atoms with Gasteiger partial charge >= 0.3 is 5.97 Å². The molecule has 1 aromatic heterocycles. The predicted octanol–water partition coefficient (Wildman–Crippen LogP) is 3.19. The summed E-state index contributed by atoms with van der Waals surface area (Å²) in [6, 6.07) is 4.42. The second-order valence-corrected chi connectivity index (χ2v) is 4.67. The summed E-state index contributed by atoms with van der Waals surface area (Å²) in [6.07, 6.45) is 0. The normalized spacial score (nSPS) is 10.5. The van der Waals surface area contributed by atoms with Gasteiger partial charge in [0.15, 0.2) is 11.6 Å². The average Bonchev–Trinajstić information content (AvgIpc) is 2.76. The molecule has 0 radical (unpaired) electrons. The lowest BCUT2D eigenvalue weighted by Crippen LogP contribution is -2.05. The largest absolute Gasteiger partial charge is 0.478 e. The number of anilines is 1. The van der Waals surface area contributed by atoms with Crippen molar-refractivity contribution in [3.05, 3.63) is 45.5 Å². The van der Waals surface area contributed by atoms with E-state index in [1.54, 1.807) is 13.0 Å². The number of aromatic carboxylic acids is 1. The number of carboxylic acids is 1. The van der Waals surface area contributed by atoms with E-state index in [1.165, 1.54) is 12.1 Å². The molecule has 0 aliphatic heterocycles. The molecule has 0 atom stereocenters. The minimum absolute atomic E-state index is 0.0845. The molecule has 0 spiro atoms. The van der Waals surface area contributed by atoms with Gasteiger partial charge in [-0.1, -0.05) is 5.16 Å². The number of nitrogens with one attached hydrogen (secondary N) is 1. The minimum Gasteiger partial charge on any atom is -0.478 e. The molecule has 0 saturated carbocycles. The first kappa shape index (κ1) is 13.5. The van der Waals surface area contributed by atoms with Gasteiger partial charge in [-0.3, -0.25) is 0 Å². The maximum atomic E-state index is 13.9. The highest BCUT2D eigenvalue weighted by molar-refractivity contribution is 9.10. The van der Waals surface area contributed by atoms with Gasteiger partial charge in [-0.25, -0.2) is 9.18 Å². The summed E-state index contributed by atoms with van der Waals surface area (Å²) in [7, 11) is 0. The van der Waals surface area contributed by atoms with Gasteiger partial charge in [0.05, 0.1) is 28.0 Å². The summed E-state index contributed by atoms with van der Waals surface area (Å²) >= 11 is 2.93. The molecule has 0 bridgehead atoms. The molecule has 2 rings (SSSR count). The van der Waals surface area contributed by atoms with Gasteiger partial charge in [0, 0.05) is 6.07 Å². The van der Waals surface area contributed by atoms with Crippen LogP contribution in [-0.2, 0) is 6.54 Å². The molecule has 0 fully saturated rings. The molecule has 1 heterocycles. The highest BCUT2D eigenvalue weighted by Gasteiger charge is 2.15. The smallest absolute Gasteiger partial charge is 0.336 e. The first-order valence-corrected chi connectivity index (χ1v) is 6.15. The number of carbonyl (C=O) groups is 1. The number of hydrogen-bond donors (Lipinski definition) is 2. The molecule has 0 aliphatic rings. The van der Waals surface area contributed by atoms with Crippen molar-refractivity contribution >= 4 is 27.6 Å². The Morgan fingerprint density at radius 1 is 1.58 bits per heavy atom. The third-order valence-corrected chi connectivity index (χ3v) is 3.22. The van der Waals surface area contributed by atoms with E-state index in [0.717, 1.165) is 5.69 Å². The van der Waals surface area contributed by atoms with Gasteiger partial charge in [0.1, 0.15) is 0 Å². The van der Waals surface area contributed by atoms with Crippen LogP contribution in [0.25, 0.3) is 0 Å². The van der Waals surface area contributed by atoms with Gasteiger partial charge in [0.25, 0.3) is 0 Å². The summed E-state index contributed by atoms with van der Waals surface area (Å²) < 4.78 is 18.8. The minimum atomic E-state index is -1.19. The van der Waals surface area contributed by atoms with Crippen molar-refractivity contribution in [1.82, 2.24) is 5.16 Å². The molecule has 2 N–H and O–H groups in total. The third kappa shape index (κ3) is 2.93. The fourth-order valence-electron chi connectivity index (χ4n) is 1.53. The van der Waals surface area contributed by atoms with Gasteiger partial charge < -0.3 is 14.9 Å². The fourth-order valence-corrected chi connectivity index (χ4v) is 2.05. The predicted molar refractivity (Wildman–Crippen MR) is 69.6 cm³/mol. The van der Waals surface area contributed by atoms with Crippen molar-refractivity contribution in [2.75, 3.05) is 5.32 Å². The van der Waals surface area contributed by atoms with E-state index in [2.05, 4.69) is 26.4 Å². The molecule has 100 valence electrons. The van der Waals surface area contributed by atoms with Crippen molar-refractivity contribution < 1.29 is 18.8 Å². The van der Waals surface area contributed by atoms with Gasteiger partial charge in [-0.15, -0.1) is 0 Å². The van der Waals surface area contributed by atoms with Crippen molar-refractivity contribution in [2.24, 2.45) is 0 Å². The summed E-state index contributed by atoms with van der Waals surface area (Å²) in [6.45, 7) is 2.04. The Labute approximate surface area is 116 Å². The van der Waals surface area contributed by atoms with Crippen LogP contribution in [0.5, 0.6) is 0 Å². The number of aromatic nitrogens is 1. The summed E-state index contributed by atoms with van der Waals surface area (Å²) in [5.74, 6) is -1.28. The highest BCUT2D eigenvalue weighted by Crippen LogP contribution is 2.27. The number of aryl methyl sites for hydroxylation is 1. The van der Waals surface area contributed by atoms with E-state index < -0.39 is 11.8 Å². The molecule has 19 heavy (non-hydrogen) atoms. The first-order valence-electron chi connectivity index (χ1n) is 5.36. The summed E-state index contributed by atoms with van der Waals surface area (Å²) in [5, 5.41) is 15.4. The van der Waals surface area contributed by atoms with E-state index >= 15 is 0 Å². The molecular formula is C12H10BrFN2O3. The van der Waals surface area contributed by atoms with Crippen molar-refractivity contribution in [1.29, 1.82) is 0 Å². The van der Waals surface area contributed by atoms with Crippen LogP contribution < -0.4 is 5.32 Å². The molecule has 0 aliphatic carbocycles. The molecule has 7 heteroatoms. The average molecular weight is 329 g/mol. The molecule has 0 saturated heterocycles. The second kappa shape index (κ2) is 5.40. The van der Waals surface area contributed by atoms with Crippen molar-refractivity contribution in [3.8, 4) is 0 Å². The molecule has 0 amide bonds. The van der Waals surface area contributed by atoms with Crippen LogP contribution >= 0.6 is 15.9 Å². The van der Waals surface area contributed by atoms with Gasteiger partial charge in [-0.2, -0.15) is 0 Å². The van der Waals surface area contributed by atoms with Gasteiger partial charge in [-0.05, 0) is 35.0 Å². The maximum Gasteiger partial charge on any atom is 0.336 e. The Morgan fingerprint density at radius 2 is 2.32 bits per heavy atom. The van der Waals surface area contributed by atoms with Crippen LogP contribution in [0.15, 0.2) is 27.2 Å². The quantitative estimate of drug-likeness (QED) is 0.901. The van der Waals surface area contributed by atoms with Crippen LogP contribution in [0.4, 0.5) is 10.1 Å². The Hall–Kier alpha value is -1.89. The summed E-state index contributed by atoms with van der Waals surface area (Å²) in [4.78, 5) is 10.8. The number of halogens is 2. The Kier molecular flexibility index (Phi) is 3.84. The molecule has 0 unspecified atom stereocenters. The van der Waals surface area contributed by atoms with Crippen LogP contribution in [-0.4, -0.2) is 16.2 Å². The number of nitrogens with zero attached hydrogens (tertiary/aromatic N) is 1. The van der Waals surface area contributed by atoms with Crippen molar-refractivity contribution in [3.63, 3.8) is 0 Å². The molecule has 1 aromatic carbocycles. The van der Waals surface area contributed by atoms with E-state index in [9.17, 15) is 9.18 Å². The zero-order valence-corrected chi connectivity index (χ0v) is 11.5. The lowest BCUT2D eigenvalue weighted by Gasteiger charge is -2.08. The van der Waals surface area contributed by atoms with E-state index in [4.69, 9.17) is 9.63 Å². The van der Waals surface area contributed by atoms with E-state index in [1.807, 2.05) is 0 Å². The first-order chi connectivity index (χ1) is 8.99. The molecule has 2 aromatic rings. The Balaban J connectivity index is 2.17. The zero-order chi connectivity index (χ0) is 14.0. The second-order valence-electron chi connectivity index (χ2n) is 3.88. The SMILES string of the molecule is Cc1cc(CNc2ccc(C(=O)O)c(Br)c2F)on1. The lowest BCUT2D eigenvalue weighted by atomic mass is 10.2. The maximum absolute atomic E-state index is 13.9. The zero-order valence-electron chi connectivity index (χ0n) is 9.91. The summed E-state index contributed by atoms with van der Waals surface area (Å²) in [5.41, 5.74) is 0.796. The highest BCUT2D eigenvalue weighted by atomic mass is 79.9. The van der Waals surface area contributed by atoms with E-state index in [0.29, 0.717) is 5.76 Å². The fraction of sp³-hybridized carbons (Fsp3) is 0.167. The van der Waals surface area contributed by atoms with Crippen LogP contribution in [0, 0.1) is 12.7 Å². The number of hydrogen-bond acceptors (Lipinski definition) is 4. The number of rotatable bonds is 4. The Morgan fingerprint density at radius 3 is 2.89 bits per heavy atom. The molecular weight excluding hydrogens is 319 g/mol. The number of benzene rings is 1.